The first-order valence-corrected chi connectivity index (χ1v) is 6.22. The number of nitrogens with one attached hydrogen (secondary N) is 1. The SMILES string of the molecule is CNCC(C)C(=O)Cc1ccc2ccccc2n1. The van der Waals surface area contributed by atoms with Gasteiger partial charge in [0, 0.05) is 30.0 Å². The fourth-order valence-electron chi connectivity index (χ4n) is 1.98. The summed E-state index contributed by atoms with van der Waals surface area (Å²) in [5, 5.41) is 4.13. The molecule has 0 aliphatic carbocycles. The highest BCUT2D eigenvalue weighted by Crippen LogP contribution is 2.13. The van der Waals surface area contributed by atoms with E-state index in [2.05, 4.69) is 10.3 Å². The van der Waals surface area contributed by atoms with E-state index in [9.17, 15) is 4.79 Å². The molecule has 2 rings (SSSR count). The predicted octanol–water partition coefficient (Wildman–Crippen LogP) is 2.20. The molecule has 3 heteroatoms. The summed E-state index contributed by atoms with van der Waals surface area (Å²) in [5.41, 5.74) is 1.80. The summed E-state index contributed by atoms with van der Waals surface area (Å²) in [5.74, 6) is 0.260. The largest absolute Gasteiger partial charge is 0.319 e. The van der Waals surface area contributed by atoms with Crippen LogP contribution in [0.25, 0.3) is 10.9 Å². The van der Waals surface area contributed by atoms with Crippen molar-refractivity contribution in [1.29, 1.82) is 0 Å². The molecule has 1 N–H and O–H groups in total. The van der Waals surface area contributed by atoms with Crippen LogP contribution in [0.1, 0.15) is 12.6 Å². The second kappa shape index (κ2) is 5.74. The number of hydrogen-bond acceptors (Lipinski definition) is 3. The van der Waals surface area contributed by atoms with Gasteiger partial charge in [0.25, 0.3) is 0 Å². The van der Waals surface area contributed by atoms with Crippen LogP contribution in [0.5, 0.6) is 0 Å². The number of para-hydroxylation sites is 1. The Labute approximate surface area is 107 Å². The Bertz CT molecular complexity index is 551. The topological polar surface area (TPSA) is 42.0 Å². The van der Waals surface area contributed by atoms with Crippen LogP contribution in [0.4, 0.5) is 0 Å². The Morgan fingerprint density at radius 3 is 2.83 bits per heavy atom. The van der Waals surface area contributed by atoms with Gasteiger partial charge in [-0.05, 0) is 19.2 Å². The van der Waals surface area contributed by atoms with Crippen molar-refractivity contribution in [3.8, 4) is 0 Å². The van der Waals surface area contributed by atoms with Crippen molar-refractivity contribution in [2.45, 2.75) is 13.3 Å². The molecule has 0 spiro atoms. The third kappa shape index (κ3) is 2.93. The maximum Gasteiger partial charge on any atom is 0.142 e. The maximum atomic E-state index is 12.0. The highest BCUT2D eigenvalue weighted by molar-refractivity contribution is 5.84. The Balaban J connectivity index is 2.14. The molecule has 18 heavy (non-hydrogen) atoms. The number of aromatic nitrogens is 1. The quantitative estimate of drug-likeness (QED) is 0.874. The van der Waals surface area contributed by atoms with E-state index in [-0.39, 0.29) is 11.7 Å². The number of carbonyl (C=O) groups excluding carboxylic acids is 1. The van der Waals surface area contributed by atoms with Crippen molar-refractivity contribution in [2.75, 3.05) is 13.6 Å². The third-order valence-corrected chi connectivity index (χ3v) is 3.07. The average Bonchev–Trinajstić information content (AvgIpc) is 2.39. The second-order valence-electron chi connectivity index (χ2n) is 4.60. The van der Waals surface area contributed by atoms with Crippen molar-refractivity contribution >= 4 is 16.7 Å². The van der Waals surface area contributed by atoms with Gasteiger partial charge in [-0.25, -0.2) is 0 Å². The van der Waals surface area contributed by atoms with E-state index in [0.717, 1.165) is 16.6 Å². The standard InChI is InChI=1S/C15H18N2O/c1-11(10-16-2)15(18)9-13-8-7-12-5-3-4-6-14(12)17-13/h3-8,11,16H,9-10H2,1-2H3. The lowest BCUT2D eigenvalue weighted by Crippen LogP contribution is -2.25. The fourth-order valence-corrected chi connectivity index (χ4v) is 1.98. The van der Waals surface area contributed by atoms with Gasteiger partial charge >= 0.3 is 0 Å². The maximum absolute atomic E-state index is 12.0. The molecule has 1 atom stereocenters. The highest BCUT2D eigenvalue weighted by atomic mass is 16.1. The number of benzene rings is 1. The molecule has 1 heterocycles. The number of fused-ring (bicyclic) bond motifs is 1. The molecule has 0 amide bonds. The summed E-state index contributed by atoms with van der Waals surface area (Å²) in [4.78, 5) is 16.5. The summed E-state index contributed by atoms with van der Waals surface area (Å²) >= 11 is 0. The van der Waals surface area contributed by atoms with E-state index >= 15 is 0 Å². The lowest BCUT2D eigenvalue weighted by Gasteiger charge is -2.09. The molecule has 0 bridgehead atoms. The summed E-state index contributed by atoms with van der Waals surface area (Å²) in [7, 11) is 1.86. The van der Waals surface area contributed by atoms with Gasteiger partial charge in [-0.3, -0.25) is 9.78 Å². The van der Waals surface area contributed by atoms with Crippen LogP contribution in [0.3, 0.4) is 0 Å². The van der Waals surface area contributed by atoms with Crippen LogP contribution in [0.15, 0.2) is 36.4 Å². The number of nitrogens with zero attached hydrogens (tertiary/aromatic N) is 1. The molecule has 1 unspecified atom stereocenters. The summed E-state index contributed by atoms with van der Waals surface area (Å²) in [6.07, 6.45) is 0.410. The minimum absolute atomic E-state index is 0.0308. The molecule has 94 valence electrons. The van der Waals surface area contributed by atoms with Crippen LogP contribution in [0.2, 0.25) is 0 Å². The Morgan fingerprint density at radius 1 is 1.28 bits per heavy atom. The Morgan fingerprint density at radius 2 is 2.06 bits per heavy atom. The van der Waals surface area contributed by atoms with Gasteiger partial charge in [0.1, 0.15) is 5.78 Å². The molecule has 1 aromatic carbocycles. The van der Waals surface area contributed by atoms with E-state index in [1.54, 1.807) is 0 Å². The molecule has 2 aromatic rings. The number of rotatable bonds is 5. The highest BCUT2D eigenvalue weighted by Gasteiger charge is 2.13. The zero-order chi connectivity index (χ0) is 13.0. The summed E-state index contributed by atoms with van der Waals surface area (Å²) in [6.45, 7) is 2.66. The van der Waals surface area contributed by atoms with Crippen LogP contribution in [0, 0.1) is 5.92 Å². The number of ketones is 1. The van der Waals surface area contributed by atoms with Crippen molar-refractivity contribution < 1.29 is 4.79 Å². The molecule has 0 aliphatic rings. The van der Waals surface area contributed by atoms with E-state index in [4.69, 9.17) is 0 Å². The van der Waals surface area contributed by atoms with Gasteiger partial charge in [0.2, 0.25) is 0 Å². The van der Waals surface area contributed by atoms with Gasteiger partial charge in [-0.2, -0.15) is 0 Å². The van der Waals surface area contributed by atoms with E-state index in [0.29, 0.717) is 13.0 Å². The molecule has 0 saturated heterocycles. The van der Waals surface area contributed by atoms with Gasteiger partial charge in [0.15, 0.2) is 0 Å². The molecule has 3 nitrogen and oxygen atoms in total. The van der Waals surface area contributed by atoms with Crippen molar-refractivity contribution in [2.24, 2.45) is 5.92 Å². The van der Waals surface area contributed by atoms with Crippen LogP contribution < -0.4 is 5.32 Å². The molecular weight excluding hydrogens is 224 g/mol. The summed E-state index contributed by atoms with van der Waals surface area (Å²) < 4.78 is 0. The number of pyridine rings is 1. The molecule has 1 aromatic heterocycles. The number of hydrogen-bond donors (Lipinski definition) is 1. The van der Waals surface area contributed by atoms with E-state index in [1.165, 1.54) is 0 Å². The first-order chi connectivity index (χ1) is 8.70. The third-order valence-electron chi connectivity index (χ3n) is 3.07. The Hall–Kier alpha value is -1.74. The lowest BCUT2D eigenvalue weighted by atomic mass is 10.0. The molecule has 0 radical (unpaired) electrons. The van der Waals surface area contributed by atoms with Crippen LogP contribution in [-0.4, -0.2) is 24.4 Å². The van der Waals surface area contributed by atoms with Crippen molar-refractivity contribution in [1.82, 2.24) is 10.3 Å². The van der Waals surface area contributed by atoms with Crippen molar-refractivity contribution in [3.05, 3.63) is 42.1 Å². The first kappa shape index (κ1) is 12.7. The van der Waals surface area contributed by atoms with Crippen LogP contribution in [-0.2, 0) is 11.2 Å². The molecule has 0 fully saturated rings. The van der Waals surface area contributed by atoms with E-state index < -0.39 is 0 Å². The number of carbonyl (C=O) groups is 1. The van der Waals surface area contributed by atoms with Crippen molar-refractivity contribution in [3.63, 3.8) is 0 Å². The summed E-state index contributed by atoms with van der Waals surface area (Å²) in [6, 6.07) is 11.9. The lowest BCUT2D eigenvalue weighted by molar-refractivity contribution is -0.121. The average molecular weight is 242 g/mol. The molecule has 0 saturated carbocycles. The van der Waals surface area contributed by atoms with Gasteiger partial charge in [0.05, 0.1) is 5.52 Å². The Kier molecular flexibility index (Phi) is 4.05. The second-order valence-corrected chi connectivity index (χ2v) is 4.60. The normalized spacial score (nSPS) is 12.6. The van der Waals surface area contributed by atoms with E-state index in [1.807, 2.05) is 50.4 Å². The monoisotopic (exact) mass is 242 g/mol. The fraction of sp³-hybridized carbons (Fsp3) is 0.333. The first-order valence-electron chi connectivity index (χ1n) is 6.22. The van der Waals surface area contributed by atoms with Crippen LogP contribution >= 0.6 is 0 Å². The van der Waals surface area contributed by atoms with Gasteiger partial charge in [-0.1, -0.05) is 31.2 Å². The number of Topliss-reactive ketones (excluding diaryl/α,β-unsaturated/α-hetero) is 1. The van der Waals surface area contributed by atoms with Gasteiger partial charge in [-0.15, -0.1) is 0 Å². The minimum atomic E-state index is 0.0308. The predicted molar refractivity (Wildman–Crippen MR) is 73.5 cm³/mol. The molecular formula is C15H18N2O. The smallest absolute Gasteiger partial charge is 0.142 e. The van der Waals surface area contributed by atoms with Gasteiger partial charge < -0.3 is 5.32 Å². The minimum Gasteiger partial charge on any atom is -0.319 e. The zero-order valence-electron chi connectivity index (χ0n) is 10.8. The zero-order valence-corrected chi connectivity index (χ0v) is 10.8. The molecule has 0 aliphatic heterocycles.